The minimum Gasteiger partial charge on any atom is -0.478 e. The predicted octanol–water partition coefficient (Wildman–Crippen LogP) is 3.57. The molecule has 5 heteroatoms. The zero-order valence-electron chi connectivity index (χ0n) is 12.3. The van der Waals surface area contributed by atoms with Crippen LogP contribution in [0.15, 0.2) is 18.2 Å². The van der Waals surface area contributed by atoms with Crippen LogP contribution in [0.4, 0.5) is 4.39 Å². The third-order valence-electron chi connectivity index (χ3n) is 3.86. The summed E-state index contributed by atoms with van der Waals surface area (Å²) in [4.78, 5) is 16.2. The first-order valence-electron chi connectivity index (χ1n) is 6.72. The van der Waals surface area contributed by atoms with Gasteiger partial charge >= 0.3 is 5.97 Å². The van der Waals surface area contributed by atoms with Crippen molar-refractivity contribution in [2.75, 3.05) is 0 Å². The summed E-state index contributed by atoms with van der Waals surface area (Å²) in [6.45, 7) is 7.23. The highest BCUT2D eigenvalue weighted by Crippen LogP contribution is 2.48. The summed E-state index contributed by atoms with van der Waals surface area (Å²) in [5, 5.41) is 9.94. The van der Waals surface area contributed by atoms with Crippen molar-refractivity contribution in [3.05, 3.63) is 40.8 Å². The number of aromatic carboxylic acids is 1. The highest BCUT2D eigenvalue weighted by molar-refractivity contribution is 6.04. The van der Waals surface area contributed by atoms with E-state index < -0.39 is 23.0 Å². The molecular formula is C16H16FNO3. The van der Waals surface area contributed by atoms with Crippen LogP contribution in [-0.2, 0) is 15.9 Å². The first-order chi connectivity index (χ1) is 9.65. The lowest BCUT2D eigenvalue weighted by Gasteiger charge is -2.24. The Labute approximate surface area is 121 Å². The van der Waals surface area contributed by atoms with Crippen LogP contribution in [-0.4, -0.2) is 16.1 Å². The SMILES string of the molecule is CC1(C)OC(C)(C)c2c1nc1c(F)cccc1c2C(=O)O. The molecule has 0 spiro atoms. The van der Waals surface area contributed by atoms with Crippen molar-refractivity contribution < 1.29 is 19.0 Å². The molecular weight excluding hydrogens is 273 g/mol. The molecule has 0 unspecified atom stereocenters. The number of pyridine rings is 1. The molecule has 0 saturated heterocycles. The van der Waals surface area contributed by atoms with Crippen molar-refractivity contribution in [1.82, 2.24) is 4.98 Å². The molecule has 2 heterocycles. The number of aromatic nitrogens is 1. The third-order valence-corrected chi connectivity index (χ3v) is 3.86. The van der Waals surface area contributed by atoms with E-state index in [1.807, 2.05) is 13.8 Å². The van der Waals surface area contributed by atoms with Crippen molar-refractivity contribution >= 4 is 16.9 Å². The third kappa shape index (κ3) is 1.84. The summed E-state index contributed by atoms with van der Waals surface area (Å²) in [5.74, 6) is -1.63. The molecule has 3 rings (SSSR count). The van der Waals surface area contributed by atoms with E-state index in [-0.39, 0.29) is 11.1 Å². The van der Waals surface area contributed by atoms with Crippen LogP contribution in [0, 0.1) is 5.82 Å². The fraction of sp³-hybridized carbons (Fsp3) is 0.375. The monoisotopic (exact) mass is 289 g/mol. The Hall–Kier alpha value is -2.01. The van der Waals surface area contributed by atoms with Gasteiger partial charge in [-0.1, -0.05) is 12.1 Å². The van der Waals surface area contributed by atoms with E-state index in [0.29, 0.717) is 16.6 Å². The Morgan fingerprint density at radius 3 is 2.52 bits per heavy atom. The van der Waals surface area contributed by atoms with Crippen molar-refractivity contribution in [2.45, 2.75) is 38.9 Å². The van der Waals surface area contributed by atoms with E-state index in [2.05, 4.69) is 4.98 Å². The molecule has 2 aromatic rings. The maximum Gasteiger partial charge on any atom is 0.336 e. The molecule has 1 aliphatic rings. The number of fused-ring (bicyclic) bond motifs is 2. The van der Waals surface area contributed by atoms with Crippen LogP contribution in [0.2, 0.25) is 0 Å². The molecule has 0 amide bonds. The molecule has 4 nitrogen and oxygen atoms in total. The number of hydrogen-bond acceptors (Lipinski definition) is 3. The normalized spacial score (nSPS) is 18.7. The number of carboxylic acids is 1. The van der Waals surface area contributed by atoms with E-state index in [1.54, 1.807) is 19.9 Å². The topological polar surface area (TPSA) is 59.4 Å². The largest absolute Gasteiger partial charge is 0.478 e. The molecule has 0 bridgehead atoms. The number of hydrogen-bond donors (Lipinski definition) is 1. The van der Waals surface area contributed by atoms with Crippen LogP contribution < -0.4 is 0 Å². The van der Waals surface area contributed by atoms with Crippen molar-refractivity contribution in [3.63, 3.8) is 0 Å². The van der Waals surface area contributed by atoms with Gasteiger partial charge in [0.15, 0.2) is 0 Å². The Morgan fingerprint density at radius 2 is 1.90 bits per heavy atom. The summed E-state index contributed by atoms with van der Waals surface area (Å²) in [6, 6.07) is 4.35. The van der Waals surface area contributed by atoms with E-state index >= 15 is 0 Å². The lowest BCUT2D eigenvalue weighted by Crippen LogP contribution is -2.23. The van der Waals surface area contributed by atoms with Crippen LogP contribution >= 0.6 is 0 Å². The second kappa shape index (κ2) is 4.01. The average Bonchev–Trinajstić information content (AvgIpc) is 2.53. The molecule has 1 aromatic heterocycles. The maximum atomic E-state index is 14.0. The number of para-hydroxylation sites is 1. The summed E-state index contributed by atoms with van der Waals surface area (Å²) >= 11 is 0. The fourth-order valence-electron chi connectivity index (χ4n) is 3.23. The molecule has 0 saturated carbocycles. The minimum atomic E-state index is -1.10. The van der Waals surface area contributed by atoms with Gasteiger partial charge in [0.2, 0.25) is 0 Å². The van der Waals surface area contributed by atoms with Gasteiger partial charge in [0.1, 0.15) is 16.9 Å². The van der Waals surface area contributed by atoms with Crippen LogP contribution in [0.25, 0.3) is 10.9 Å². The first-order valence-corrected chi connectivity index (χ1v) is 6.72. The highest BCUT2D eigenvalue weighted by Gasteiger charge is 2.47. The van der Waals surface area contributed by atoms with Gasteiger partial charge in [-0.3, -0.25) is 0 Å². The molecule has 0 fully saturated rings. The number of halogens is 1. The number of ether oxygens (including phenoxy) is 1. The number of nitrogens with zero attached hydrogens (tertiary/aromatic N) is 1. The molecule has 1 N–H and O–H groups in total. The van der Waals surface area contributed by atoms with Gasteiger partial charge < -0.3 is 9.84 Å². The Kier molecular flexibility index (Phi) is 2.66. The van der Waals surface area contributed by atoms with Gasteiger partial charge in [-0.25, -0.2) is 14.2 Å². The van der Waals surface area contributed by atoms with Crippen LogP contribution in [0.3, 0.4) is 0 Å². The number of carboxylic acid groups (broad SMARTS) is 1. The van der Waals surface area contributed by atoms with Gasteiger partial charge in [0.25, 0.3) is 0 Å². The molecule has 110 valence electrons. The summed E-state index contributed by atoms with van der Waals surface area (Å²) in [5.41, 5.74) is -0.395. The van der Waals surface area contributed by atoms with Gasteiger partial charge in [0, 0.05) is 10.9 Å². The van der Waals surface area contributed by atoms with E-state index in [0.717, 1.165) is 0 Å². The van der Waals surface area contributed by atoms with Crippen molar-refractivity contribution in [1.29, 1.82) is 0 Å². The summed E-state index contributed by atoms with van der Waals surface area (Å²) in [7, 11) is 0. The Bertz CT molecular complexity index is 781. The Balaban J connectivity index is 2.56. The first kappa shape index (κ1) is 13.9. The van der Waals surface area contributed by atoms with Crippen LogP contribution in [0.5, 0.6) is 0 Å². The smallest absolute Gasteiger partial charge is 0.336 e. The lowest BCUT2D eigenvalue weighted by molar-refractivity contribution is -0.106. The molecule has 0 aliphatic carbocycles. The fourth-order valence-corrected chi connectivity index (χ4v) is 3.23. The predicted molar refractivity (Wildman–Crippen MR) is 75.8 cm³/mol. The van der Waals surface area contributed by atoms with Crippen molar-refractivity contribution in [2.24, 2.45) is 0 Å². The number of carbonyl (C=O) groups is 1. The zero-order chi connectivity index (χ0) is 15.6. The van der Waals surface area contributed by atoms with E-state index in [4.69, 9.17) is 4.74 Å². The molecule has 1 aromatic carbocycles. The average molecular weight is 289 g/mol. The standard InChI is InChI=1S/C16H16FNO3/c1-15(2)11-10(14(19)20)8-6-5-7-9(17)12(8)18-13(11)16(3,4)21-15/h5-7H,1-4H3,(H,19,20). The van der Waals surface area contributed by atoms with Gasteiger partial charge in [-0.05, 0) is 33.8 Å². The molecule has 21 heavy (non-hydrogen) atoms. The lowest BCUT2D eigenvalue weighted by atomic mass is 9.88. The molecule has 1 aliphatic heterocycles. The minimum absolute atomic E-state index is 0.0722. The summed E-state index contributed by atoms with van der Waals surface area (Å²) in [6.07, 6.45) is 0. The maximum absolute atomic E-state index is 14.0. The molecule has 0 atom stereocenters. The van der Waals surface area contributed by atoms with E-state index in [1.165, 1.54) is 12.1 Å². The Morgan fingerprint density at radius 1 is 1.24 bits per heavy atom. The van der Waals surface area contributed by atoms with Crippen LogP contribution in [0.1, 0.15) is 49.3 Å². The number of rotatable bonds is 1. The molecule has 0 radical (unpaired) electrons. The summed E-state index contributed by atoms with van der Waals surface area (Å²) < 4.78 is 20.0. The zero-order valence-corrected chi connectivity index (χ0v) is 12.3. The second-order valence-electron chi connectivity index (χ2n) is 6.27. The second-order valence-corrected chi connectivity index (χ2v) is 6.27. The van der Waals surface area contributed by atoms with Gasteiger partial charge in [0.05, 0.1) is 16.9 Å². The van der Waals surface area contributed by atoms with Gasteiger partial charge in [-0.2, -0.15) is 0 Å². The quantitative estimate of drug-likeness (QED) is 0.871. The van der Waals surface area contributed by atoms with E-state index in [9.17, 15) is 14.3 Å². The number of benzene rings is 1. The van der Waals surface area contributed by atoms with Crippen molar-refractivity contribution in [3.8, 4) is 0 Å². The highest BCUT2D eigenvalue weighted by atomic mass is 19.1. The van der Waals surface area contributed by atoms with Gasteiger partial charge in [-0.15, -0.1) is 0 Å².